The molecule has 4 heteroatoms. The van der Waals surface area contributed by atoms with E-state index in [9.17, 15) is 0 Å². The summed E-state index contributed by atoms with van der Waals surface area (Å²) in [7, 11) is -1.67. The molecule has 18 heavy (non-hydrogen) atoms. The summed E-state index contributed by atoms with van der Waals surface area (Å²) in [5.74, 6) is 0. The van der Waals surface area contributed by atoms with Gasteiger partial charge in [0.25, 0.3) is 0 Å². The molecule has 0 aromatic carbocycles. The largest absolute Gasteiger partial charge is 0.413 e. The van der Waals surface area contributed by atoms with E-state index < -0.39 is 8.32 Å². The van der Waals surface area contributed by atoms with Crippen LogP contribution in [0.15, 0.2) is 0 Å². The van der Waals surface area contributed by atoms with Gasteiger partial charge in [-0.15, -0.1) is 0 Å². The molecule has 3 unspecified atom stereocenters. The van der Waals surface area contributed by atoms with E-state index in [1.807, 2.05) is 0 Å². The maximum Gasteiger partial charge on any atom is 0.209 e. The van der Waals surface area contributed by atoms with Crippen LogP contribution in [0.4, 0.5) is 0 Å². The van der Waals surface area contributed by atoms with Gasteiger partial charge in [0, 0.05) is 24.4 Å². The molecular weight excluding hydrogens is 242 g/mol. The molecule has 0 saturated carbocycles. The highest BCUT2D eigenvalue weighted by Gasteiger charge is 2.52. The summed E-state index contributed by atoms with van der Waals surface area (Å²) in [4.78, 5) is 2.65. The van der Waals surface area contributed by atoms with E-state index in [1.165, 1.54) is 25.3 Å². The number of hydrogen-bond donors (Lipinski definition) is 0. The molecule has 2 saturated heterocycles. The zero-order valence-corrected chi connectivity index (χ0v) is 13.5. The third-order valence-corrected chi connectivity index (χ3v) is 10.4. The van der Waals surface area contributed by atoms with Crippen LogP contribution in [-0.4, -0.2) is 50.8 Å². The highest BCUT2D eigenvalue weighted by atomic mass is 28.4. The fraction of sp³-hybridized carbons (Fsp3) is 1.00. The molecule has 0 bridgehead atoms. The van der Waals surface area contributed by atoms with Crippen LogP contribution in [0.3, 0.4) is 0 Å². The lowest BCUT2D eigenvalue weighted by molar-refractivity contribution is -0.00526. The van der Waals surface area contributed by atoms with Crippen LogP contribution in [-0.2, 0) is 9.16 Å². The molecule has 0 radical (unpaired) electrons. The molecule has 0 aromatic heterocycles. The number of ether oxygens (including phenoxy) is 1. The SMILES string of the molecule is CCC(C)(N1CCOCC1)[Si]1(C)CCCC(C)O1. The van der Waals surface area contributed by atoms with Gasteiger partial charge in [0.05, 0.1) is 13.2 Å². The molecule has 2 aliphatic rings. The molecule has 0 aromatic rings. The van der Waals surface area contributed by atoms with Crippen LogP contribution in [0.5, 0.6) is 0 Å². The van der Waals surface area contributed by atoms with E-state index in [4.69, 9.17) is 9.16 Å². The molecule has 3 nitrogen and oxygen atoms in total. The van der Waals surface area contributed by atoms with Crippen molar-refractivity contribution >= 4 is 8.32 Å². The third kappa shape index (κ3) is 2.53. The van der Waals surface area contributed by atoms with Crippen molar-refractivity contribution < 1.29 is 9.16 Å². The molecule has 3 atom stereocenters. The van der Waals surface area contributed by atoms with Crippen molar-refractivity contribution in [1.29, 1.82) is 0 Å². The molecule has 0 N–H and O–H groups in total. The zero-order valence-electron chi connectivity index (χ0n) is 12.5. The van der Waals surface area contributed by atoms with Crippen molar-refractivity contribution in [2.45, 2.75) is 63.9 Å². The van der Waals surface area contributed by atoms with Crippen LogP contribution >= 0.6 is 0 Å². The van der Waals surface area contributed by atoms with Crippen LogP contribution in [0.2, 0.25) is 12.6 Å². The number of nitrogens with zero attached hydrogens (tertiary/aromatic N) is 1. The summed E-state index contributed by atoms with van der Waals surface area (Å²) in [5.41, 5.74) is 0. The monoisotopic (exact) mass is 271 g/mol. The molecule has 2 rings (SSSR count). The van der Waals surface area contributed by atoms with Crippen LogP contribution in [0.1, 0.15) is 40.0 Å². The van der Waals surface area contributed by atoms with Gasteiger partial charge < -0.3 is 9.16 Å². The molecule has 2 aliphatic heterocycles. The van der Waals surface area contributed by atoms with Gasteiger partial charge in [0.15, 0.2) is 0 Å². The minimum Gasteiger partial charge on any atom is -0.413 e. The van der Waals surface area contributed by atoms with Gasteiger partial charge in [-0.2, -0.15) is 0 Å². The quantitative estimate of drug-likeness (QED) is 0.737. The van der Waals surface area contributed by atoms with Crippen molar-refractivity contribution in [3.8, 4) is 0 Å². The van der Waals surface area contributed by atoms with E-state index in [-0.39, 0.29) is 5.16 Å². The lowest BCUT2D eigenvalue weighted by Crippen LogP contribution is -2.69. The van der Waals surface area contributed by atoms with Gasteiger partial charge in [-0.05, 0) is 39.3 Å². The topological polar surface area (TPSA) is 21.7 Å². The van der Waals surface area contributed by atoms with Crippen LogP contribution < -0.4 is 0 Å². The summed E-state index contributed by atoms with van der Waals surface area (Å²) in [5, 5.41) is 0.269. The Hall–Kier alpha value is 0.0969. The summed E-state index contributed by atoms with van der Waals surface area (Å²) >= 11 is 0. The second-order valence-electron chi connectivity index (χ2n) is 6.28. The molecule has 2 fully saturated rings. The molecule has 0 spiro atoms. The Morgan fingerprint density at radius 1 is 1.33 bits per heavy atom. The first-order chi connectivity index (χ1) is 8.52. The Balaban J connectivity index is 2.18. The first kappa shape index (κ1) is 14.5. The number of morpholine rings is 1. The molecule has 0 amide bonds. The highest BCUT2D eigenvalue weighted by molar-refractivity contribution is 6.75. The van der Waals surface area contributed by atoms with Gasteiger partial charge in [0.2, 0.25) is 8.32 Å². The number of rotatable bonds is 3. The van der Waals surface area contributed by atoms with E-state index in [2.05, 4.69) is 32.2 Å². The average Bonchev–Trinajstić information content (AvgIpc) is 2.38. The Labute approximate surface area is 113 Å². The predicted molar refractivity (Wildman–Crippen MR) is 77.3 cm³/mol. The lowest BCUT2D eigenvalue weighted by atomic mass is 10.2. The van der Waals surface area contributed by atoms with Gasteiger partial charge in [-0.3, -0.25) is 4.90 Å². The van der Waals surface area contributed by atoms with Gasteiger partial charge >= 0.3 is 0 Å². The van der Waals surface area contributed by atoms with Gasteiger partial charge in [-0.25, -0.2) is 0 Å². The van der Waals surface area contributed by atoms with Crippen LogP contribution in [0.25, 0.3) is 0 Å². The maximum absolute atomic E-state index is 6.54. The Morgan fingerprint density at radius 2 is 2.00 bits per heavy atom. The van der Waals surface area contributed by atoms with E-state index in [0.717, 1.165) is 26.3 Å². The fourth-order valence-electron chi connectivity index (χ4n) is 3.67. The first-order valence-electron chi connectivity index (χ1n) is 7.52. The lowest BCUT2D eigenvalue weighted by Gasteiger charge is -2.54. The second-order valence-corrected chi connectivity index (χ2v) is 10.6. The average molecular weight is 271 g/mol. The minimum absolute atomic E-state index is 0.269. The zero-order chi connectivity index (χ0) is 13.2. The first-order valence-corrected chi connectivity index (χ1v) is 10.1. The van der Waals surface area contributed by atoms with E-state index >= 15 is 0 Å². The van der Waals surface area contributed by atoms with E-state index in [0.29, 0.717) is 6.10 Å². The molecule has 106 valence electrons. The number of hydrogen-bond acceptors (Lipinski definition) is 3. The van der Waals surface area contributed by atoms with Crippen LogP contribution in [0, 0.1) is 0 Å². The van der Waals surface area contributed by atoms with Crippen molar-refractivity contribution in [3.63, 3.8) is 0 Å². The van der Waals surface area contributed by atoms with Crippen molar-refractivity contribution in [2.24, 2.45) is 0 Å². The Kier molecular flexibility index (Phi) is 4.52. The summed E-state index contributed by atoms with van der Waals surface area (Å²) in [6.45, 7) is 13.4. The smallest absolute Gasteiger partial charge is 0.209 e. The maximum atomic E-state index is 6.54. The highest BCUT2D eigenvalue weighted by Crippen LogP contribution is 2.39. The minimum atomic E-state index is -1.67. The predicted octanol–water partition coefficient (Wildman–Crippen LogP) is 2.80. The second kappa shape index (κ2) is 5.61. The molecular formula is C14H29NO2Si. The van der Waals surface area contributed by atoms with Crippen molar-refractivity contribution in [2.75, 3.05) is 26.3 Å². The molecule has 2 heterocycles. The summed E-state index contributed by atoms with van der Waals surface area (Å²) in [6.07, 6.45) is 4.25. The Bertz CT molecular complexity index is 283. The third-order valence-electron chi connectivity index (χ3n) is 5.26. The van der Waals surface area contributed by atoms with Gasteiger partial charge in [0.1, 0.15) is 0 Å². The summed E-state index contributed by atoms with van der Waals surface area (Å²) in [6, 6.07) is 1.32. The Morgan fingerprint density at radius 3 is 2.56 bits per heavy atom. The fourth-order valence-corrected chi connectivity index (χ4v) is 8.11. The van der Waals surface area contributed by atoms with Gasteiger partial charge in [-0.1, -0.05) is 13.3 Å². The standard InChI is InChI=1S/C14H29NO2Si/c1-5-14(3,15-8-10-16-11-9-15)18(4)12-6-7-13(2)17-18/h13H,5-12H2,1-4H3. The van der Waals surface area contributed by atoms with E-state index in [1.54, 1.807) is 0 Å². The molecule has 0 aliphatic carbocycles. The van der Waals surface area contributed by atoms with Crippen molar-refractivity contribution in [1.82, 2.24) is 4.90 Å². The summed E-state index contributed by atoms with van der Waals surface area (Å²) < 4.78 is 12.1. The van der Waals surface area contributed by atoms with Crippen molar-refractivity contribution in [3.05, 3.63) is 0 Å². The normalized spacial score (nSPS) is 38.3.